The maximum absolute atomic E-state index is 5.67. The molecule has 4 nitrogen and oxygen atoms in total. The third kappa shape index (κ3) is 2.21. The van der Waals surface area contributed by atoms with Crippen molar-refractivity contribution in [2.75, 3.05) is 25.9 Å². The van der Waals surface area contributed by atoms with Crippen molar-refractivity contribution in [3.8, 4) is 0 Å². The first kappa shape index (κ1) is 11.5. The summed E-state index contributed by atoms with van der Waals surface area (Å²) in [6.45, 7) is 6.49. The Bertz CT molecular complexity index is 359. The van der Waals surface area contributed by atoms with Crippen LogP contribution in [0.25, 0.3) is 0 Å². The molecule has 1 aliphatic rings. The lowest BCUT2D eigenvalue weighted by Crippen LogP contribution is -2.31. The summed E-state index contributed by atoms with van der Waals surface area (Å²) in [5.41, 5.74) is 6.71. The molecule has 1 fully saturated rings. The van der Waals surface area contributed by atoms with Crippen LogP contribution in [-0.2, 0) is 0 Å². The molecule has 1 atom stereocenters. The van der Waals surface area contributed by atoms with Gasteiger partial charge in [0.05, 0.1) is 5.69 Å². The predicted octanol–water partition coefficient (Wildman–Crippen LogP) is 2.19. The van der Waals surface area contributed by atoms with E-state index in [1.165, 1.54) is 19.4 Å². The number of rotatable bonds is 2. The quantitative estimate of drug-likeness (QED) is 0.835. The molecular formula is C12H21N3O. The summed E-state index contributed by atoms with van der Waals surface area (Å²) in [4.78, 5) is 6.65. The molecule has 4 heteroatoms. The topological polar surface area (TPSA) is 55.3 Å². The van der Waals surface area contributed by atoms with Crippen LogP contribution in [0.2, 0.25) is 0 Å². The Kier molecular flexibility index (Phi) is 3.19. The molecule has 2 heterocycles. The van der Waals surface area contributed by atoms with E-state index in [9.17, 15) is 0 Å². The Labute approximate surface area is 96.8 Å². The summed E-state index contributed by atoms with van der Waals surface area (Å²) in [7, 11) is 2.15. The fraction of sp³-hybridized carbons (Fsp3) is 0.750. The molecule has 1 unspecified atom stereocenters. The highest BCUT2D eigenvalue weighted by molar-refractivity contribution is 5.25. The van der Waals surface area contributed by atoms with Crippen LogP contribution in [0.3, 0.4) is 0 Å². The number of nitrogen functional groups attached to an aromatic ring is 1. The number of aromatic nitrogens is 1. The zero-order valence-corrected chi connectivity index (χ0v) is 10.4. The van der Waals surface area contributed by atoms with Crippen LogP contribution in [0, 0.1) is 0 Å². The number of nitrogens with zero attached hydrogens (tertiary/aromatic N) is 2. The molecule has 2 N–H and O–H groups in total. The summed E-state index contributed by atoms with van der Waals surface area (Å²) < 4.78 is 5.60. The van der Waals surface area contributed by atoms with E-state index in [1.807, 2.05) is 0 Å². The SMILES string of the molecule is CC(C)c1nc(N)oc1C1CCCN(C)C1. The van der Waals surface area contributed by atoms with Crippen molar-refractivity contribution in [3.05, 3.63) is 11.5 Å². The zero-order valence-electron chi connectivity index (χ0n) is 10.4. The molecule has 0 radical (unpaired) electrons. The maximum atomic E-state index is 5.67. The number of oxazole rings is 1. The molecule has 1 aliphatic heterocycles. The Balaban J connectivity index is 2.24. The maximum Gasteiger partial charge on any atom is 0.292 e. The number of likely N-dealkylation sites (N-methyl/N-ethyl adjacent to an activating group) is 1. The van der Waals surface area contributed by atoms with Gasteiger partial charge in [-0.2, -0.15) is 4.98 Å². The molecule has 0 spiro atoms. The molecule has 16 heavy (non-hydrogen) atoms. The second-order valence-corrected chi connectivity index (χ2v) is 5.06. The monoisotopic (exact) mass is 223 g/mol. The van der Waals surface area contributed by atoms with Crippen molar-refractivity contribution < 1.29 is 4.42 Å². The Morgan fingerprint density at radius 2 is 2.25 bits per heavy atom. The smallest absolute Gasteiger partial charge is 0.292 e. The predicted molar refractivity (Wildman–Crippen MR) is 64.5 cm³/mol. The largest absolute Gasteiger partial charge is 0.428 e. The average molecular weight is 223 g/mol. The molecule has 0 aliphatic carbocycles. The highest BCUT2D eigenvalue weighted by Gasteiger charge is 2.26. The summed E-state index contributed by atoms with van der Waals surface area (Å²) in [5.74, 6) is 1.85. The minimum absolute atomic E-state index is 0.312. The molecule has 0 bridgehead atoms. The molecule has 90 valence electrons. The number of nitrogens with two attached hydrogens (primary N) is 1. The number of piperidine rings is 1. The van der Waals surface area contributed by atoms with Gasteiger partial charge in [0.15, 0.2) is 0 Å². The zero-order chi connectivity index (χ0) is 11.7. The van der Waals surface area contributed by atoms with Gasteiger partial charge in [0.1, 0.15) is 5.76 Å². The minimum Gasteiger partial charge on any atom is -0.428 e. The van der Waals surface area contributed by atoms with Gasteiger partial charge >= 0.3 is 0 Å². The third-order valence-electron chi connectivity index (χ3n) is 3.24. The van der Waals surface area contributed by atoms with Crippen LogP contribution < -0.4 is 5.73 Å². The summed E-state index contributed by atoms with van der Waals surface area (Å²) in [5, 5.41) is 0. The van der Waals surface area contributed by atoms with E-state index >= 15 is 0 Å². The van der Waals surface area contributed by atoms with Gasteiger partial charge in [0.2, 0.25) is 0 Å². The Morgan fingerprint density at radius 3 is 2.88 bits per heavy atom. The fourth-order valence-corrected chi connectivity index (χ4v) is 2.45. The van der Waals surface area contributed by atoms with Crippen LogP contribution in [0.15, 0.2) is 4.42 Å². The Hall–Kier alpha value is -1.03. The van der Waals surface area contributed by atoms with E-state index in [0.29, 0.717) is 17.9 Å². The van der Waals surface area contributed by atoms with E-state index < -0.39 is 0 Å². The molecule has 1 saturated heterocycles. The first-order chi connectivity index (χ1) is 7.58. The minimum atomic E-state index is 0.312. The van der Waals surface area contributed by atoms with Gasteiger partial charge in [-0.1, -0.05) is 13.8 Å². The van der Waals surface area contributed by atoms with Crippen molar-refractivity contribution in [3.63, 3.8) is 0 Å². The van der Waals surface area contributed by atoms with E-state index in [-0.39, 0.29) is 0 Å². The van der Waals surface area contributed by atoms with Crippen molar-refractivity contribution in [1.82, 2.24) is 9.88 Å². The molecular weight excluding hydrogens is 202 g/mol. The molecule has 1 aromatic heterocycles. The lowest BCUT2D eigenvalue weighted by Gasteiger charge is -2.28. The number of hydrogen-bond donors (Lipinski definition) is 1. The van der Waals surface area contributed by atoms with E-state index in [4.69, 9.17) is 10.2 Å². The van der Waals surface area contributed by atoms with E-state index in [2.05, 4.69) is 30.8 Å². The van der Waals surface area contributed by atoms with E-state index in [1.54, 1.807) is 0 Å². The second kappa shape index (κ2) is 4.45. The summed E-state index contributed by atoms with van der Waals surface area (Å²) in [6.07, 6.45) is 2.40. The average Bonchev–Trinajstić information content (AvgIpc) is 2.60. The number of likely N-dealkylation sites (tertiary alicyclic amines) is 1. The van der Waals surface area contributed by atoms with Crippen LogP contribution in [0.1, 0.15) is 50.0 Å². The van der Waals surface area contributed by atoms with Gasteiger partial charge in [0, 0.05) is 12.5 Å². The molecule has 0 saturated carbocycles. The van der Waals surface area contributed by atoms with Crippen molar-refractivity contribution in [2.45, 2.75) is 38.5 Å². The van der Waals surface area contributed by atoms with Crippen molar-refractivity contribution in [1.29, 1.82) is 0 Å². The van der Waals surface area contributed by atoms with Gasteiger partial charge in [-0.05, 0) is 32.4 Å². The van der Waals surface area contributed by atoms with Crippen molar-refractivity contribution >= 4 is 6.01 Å². The highest BCUT2D eigenvalue weighted by Crippen LogP contribution is 2.33. The van der Waals surface area contributed by atoms with Gasteiger partial charge < -0.3 is 15.1 Å². The first-order valence-electron chi connectivity index (χ1n) is 6.02. The first-order valence-corrected chi connectivity index (χ1v) is 6.02. The van der Waals surface area contributed by atoms with Crippen LogP contribution in [-0.4, -0.2) is 30.0 Å². The van der Waals surface area contributed by atoms with Gasteiger partial charge in [-0.3, -0.25) is 0 Å². The van der Waals surface area contributed by atoms with Gasteiger partial charge in [-0.25, -0.2) is 0 Å². The molecule has 0 aromatic carbocycles. The van der Waals surface area contributed by atoms with Gasteiger partial charge in [0.25, 0.3) is 6.01 Å². The molecule has 1 aromatic rings. The van der Waals surface area contributed by atoms with Crippen LogP contribution in [0.4, 0.5) is 6.01 Å². The summed E-state index contributed by atoms with van der Waals surface area (Å²) >= 11 is 0. The lowest BCUT2D eigenvalue weighted by atomic mass is 9.92. The van der Waals surface area contributed by atoms with E-state index in [0.717, 1.165) is 18.0 Å². The third-order valence-corrected chi connectivity index (χ3v) is 3.24. The number of hydrogen-bond acceptors (Lipinski definition) is 4. The normalized spacial score (nSPS) is 22.9. The number of anilines is 1. The van der Waals surface area contributed by atoms with Gasteiger partial charge in [-0.15, -0.1) is 0 Å². The molecule has 2 rings (SSSR count). The highest BCUT2D eigenvalue weighted by atomic mass is 16.4. The lowest BCUT2D eigenvalue weighted by molar-refractivity contribution is 0.234. The summed E-state index contributed by atoms with van der Waals surface area (Å²) in [6, 6.07) is 0.312. The standard InChI is InChI=1S/C12H21N3O/c1-8(2)10-11(16-12(13)14-10)9-5-4-6-15(3)7-9/h8-9H,4-7H2,1-3H3,(H2,13,14). The molecule has 0 amide bonds. The van der Waals surface area contributed by atoms with Crippen LogP contribution in [0.5, 0.6) is 0 Å². The van der Waals surface area contributed by atoms with Crippen LogP contribution >= 0.6 is 0 Å². The Morgan fingerprint density at radius 1 is 1.50 bits per heavy atom. The fourth-order valence-electron chi connectivity index (χ4n) is 2.45. The second-order valence-electron chi connectivity index (χ2n) is 5.06. The van der Waals surface area contributed by atoms with Crippen molar-refractivity contribution in [2.24, 2.45) is 0 Å².